The number of nitriles is 1. The Morgan fingerprint density at radius 1 is 1.41 bits per heavy atom. The minimum Gasteiger partial charge on any atom is -0.494 e. The SMILES string of the molecule is CCOc1cccc(-c2cc(CC#N)[nH]n2)c1. The monoisotopic (exact) mass is 227 g/mol. The van der Waals surface area contributed by atoms with E-state index in [0.717, 1.165) is 22.7 Å². The predicted molar refractivity (Wildman–Crippen MR) is 64.5 cm³/mol. The van der Waals surface area contributed by atoms with Gasteiger partial charge in [-0.3, -0.25) is 5.10 Å². The van der Waals surface area contributed by atoms with Gasteiger partial charge in [-0.1, -0.05) is 12.1 Å². The number of nitrogens with one attached hydrogen (secondary N) is 1. The summed E-state index contributed by atoms with van der Waals surface area (Å²) in [5, 5.41) is 15.6. The Kier molecular flexibility index (Phi) is 3.41. The molecule has 1 heterocycles. The van der Waals surface area contributed by atoms with E-state index in [0.29, 0.717) is 13.0 Å². The fraction of sp³-hybridized carbons (Fsp3) is 0.231. The van der Waals surface area contributed by atoms with Crippen molar-refractivity contribution in [2.75, 3.05) is 6.61 Å². The van der Waals surface area contributed by atoms with Crippen LogP contribution in [0.2, 0.25) is 0 Å². The second kappa shape index (κ2) is 5.17. The third kappa shape index (κ3) is 2.64. The number of aromatic amines is 1. The molecule has 0 aliphatic heterocycles. The lowest BCUT2D eigenvalue weighted by Crippen LogP contribution is -1.91. The molecule has 17 heavy (non-hydrogen) atoms. The molecule has 86 valence electrons. The van der Waals surface area contributed by atoms with Gasteiger partial charge in [0, 0.05) is 11.3 Å². The zero-order valence-electron chi connectivity index (χ0n) is 9.60. The maximum atomic E-state index is 8.60. The van der Waals surface area contributed by atoms with Crippen molar-refractivity contribution < 1.29 is 4.74 Å². The largest absolute Gasteiger partial charge is 0.494 e. The molecule has 2 aromatic rings. The Hall–Kier alpha value is -2.28. The van der Waals surface area contributed by atoms with Gasteiger partial charge in [0.1, 0.15) is 5.75 Å². The molecule has 0 spiro atoms. The van der Waals surface area contributed by atoms with Crippen molar-refractivity contribution in [2.45, 2.75) is 13.3 Å². The maximum absolute atomic E-state index is 8.60. The molecule has 0 fully saturated rings. The van der Waals surface area contributed by atoms with E-state index in [1.165, 1.54) is 0 Å². The molecule has 0 amide bonds. The van der Waals surface area contributed by atoms with Crippen LogP contribution in [0.15, 0.2) is 30.3 Å². The zero-order chi connectivity index (χ0) is 12.1. The van der Waals surface area contributed by atoms with Crippen LogP contribution in [0.1, 0.15) is 12.6 Å². The number of benzene rings is 1. The number of hydrogen-bond acceptors (Lipinski definition) is 3. The summed E-state index contributed by atoms with van der Waals surface area (Å²) in [5.41, 5.74) is 2.64. The minimum absolute atomic E-state index is 0.345. The van der Waals surface area contributed by atoms with Gasteiger partial charge < -0.3 is 4.74 Å². The van der Waals surface area contributed by atoms with Crippen molar-refractivity contribution in [3.63, 3.8) is 0 Å². The van der Waals surface area contributed by atoms with E-state index in [1.807, 2.05) is 37.3 Å². The Bertz CT molecular complexity index is 540. The molecule has 1 aromatic carbocycles. The molecule has 0 aliphatic rings. The fourth-order valence-corrected chi connectivity index (χ4v) is 1.60. The Morgan fingerprint density at radius 2 is 2.29 bits per heavy atom. The molecule has 0 saturated heterocycles. The first-order chi connectivity index (χ1) is 8.33. The van der Waals surface area contributed by atoms with Crippen LogP contribution in [0.3, 0.4) is 0 Å². The molecule has 0 aliphatic carbocycles. The minimum atomic E-state index is 0.345. The van der Waals surface area contributed by atoms with E-state index in [9.17, 15) is 0 Å². The maximum Gasteiger partial charge on any atom is 0.119 e. The van der Waals surface area contributed by atoms with Gasteiger partial charge in [-0.15, -0.1) is 0 Å². The Labute approximate surface area is 99.9 Å². The lowest BCUT2D eigenvalue weighted by Gasteiger charge is -2.03. The van der Waals surface area contributed by atoms with Crippen molar-refractivity contribution in [1.82, 2.24) is 10.2 Å². The van der Waals surface area contributed by atoms with Crippen molar-refractivity contribution in [1.29, 1.82) is 5.26 Å². The highest BCUT2D eigenvalue weighted by Crippen LogP contribution is 2.22. The Balaban J connectivity index is 2.26. The van der Waals surface area contributed by atoms with Gasteiger partial charge in [0.15, 0.2) is 0 Å². The standard InChI is InChI=1S/C13H13N3O/c1-2-17-12-5-3-4-10(8-12)13-9-11(6-7-14)15-16-13/h3-5,8-9H,2,6H2,1H3,(H,15,16). The zero-order valence-corrected chi connectivity index (χ0v) is 9.60. The number of H-pyrrole nitrogens is 1. The summed E-state index contributed by atoms with van der Waals surface area (Å²) in [6, 6.07) is 11.7. The van der Waals surface area contributed by atoms with Crippen LogP contribution in [-0.4, -0.2) is 16.8 Å². The number of rotatable bonds is 4. The van der Waals surface area contributed by atoms with Crippen LogP contribution in [0.5, 0.6) is 5.75 Å². The predicted octanol–water partition coefficient (Wildman–Crippen LogP) is 2.54. The fourth-order valence-electron chi connectivity index (χ4n) is 1.60. The van der Waals surface area contributed by atoms with E-state index in [4.69, 9.17) is 10.00 Å². The third-order valence-electron chi connectivity index (χ3n) is 2.34. The number of nitrogens with zero attached hydrogens (tertiary/aromatic N) is 2. The molecule has 1 N–H and O–H groups in total. The van der Waals surface area contributed by atoms with Crippen LogP contribution >= 0.6 is 0 Å². The number of hydrogen-bond donors (Lipinski definition) is 1. The topological polar surface area (TPSA) is 61.7 Å². The molecule has 1 aromatic heterocycles. The summed E-state index contributed by atoms with van der Waals surface area (Å²) >= 11 is 0. The van der Waals surface area contributed by atoms with E-state index < -0.39 is 0 Å². The third-order valence-corrected chi connectivity index (χ3v) is 2.34. The highest BCUT2D eigenvalue weighted by atomic mass is 16.5. The second-order valence-corrected chi connectivity index (χ2v) is 3.57. The van der Waals surface area contributed by atoms with Crippen LogP contribution in [0.4, 0.5) is 0 Å². The van der Waals surface area contributed by atoms with Gasteiger partial charge in [-0.05, 0) is 25.1 Å². The van der Waals surface area contributed by atoms with Crippen molar-refractivity contribution in [3.8, 4) is 23.1 Å². The van der Waals surface area contributed by atoms with Crippen molar-refractivity contribution >= 4 is 0 Å². The molecule has 0 bridgehead atoms. The molecule has 0 unspecified atom stereocenters. The lowest BCUT2D eigenvalue weighted by molar-refractivity contribution is 0.340. The summed E-state index contributed by atoms with van der Waals surface area (Å²) in [5.74, 6) is 0.829. The molecule has 0 radical (unpaired) electrons. The summed E-state index contributed by atoms with van der Waals surface area (Å²) in [6.45, 7) is 2.59. The molecule has 0 atom stereocenters. The van der Waals surface area contributed by atoms with Crippen LogP contribution in [0, 0.1) is 11.3 Å². The van der Waals surface area contributed by atoms with E-state index in [1.54, 1.807) is 0 Å². The van der Waals surface area contributed by atoms with Gasteiger partial charge in [-0.25, -0.2) is 0 Å². The molecule has 4 nitrogen and oxygen atoms in total. The molecular weight excluding hydrogens is 214 g/mol. The second-order valence-electron chi connectivity index (χ2n) is 3.57. The first-order valence-electron chi connectivity index (χ1n) is 5.48. The molecule has 2 rings (SSSR count). The highest BCUT2D eigenvalue weighted by Gasteiger charge is 2.04. The van der Waals surface area contributed by atoms with Gasteiger partial charge in [-0.2, -0.15) is 10.4 Å². The van der Waals surface area contributed by atoms with Gasteiger partial charge in [0.05, 0.1) is 24.8 Å². The summed E-state index contributed by atoms with van der Waals surface area (Å²) in [6.07, 6.45) is 0.345. The van der Waals surface area contributed by atoms with E-state index in [-0.39, 0.29) is 0 Å². The molecule has 4 heteroatoms. The summed E-state index contributed by atoms with van der Waals surface area (Å²) in [4.78, 5) is 0. The molecular formula is C13H13N3O. The van der Waals surface area contributed by atoms with Crippen LogP contribution < -0.4 is 4.74 Å². The van der Waals surface area contributed by atoms with Crippen LogP contribution in [0.25, 0.3) is 11.3 Å². The highest BCUT2D eigenvalue weighted by molar-refractivity contribution is 5.61. The average molecular weight is 227 g/mol. The number of aromatic nitrogens is 2. The van der Waals surface area contributed by atoms with Crippen molar-refractivity contribution in [3.05, 3.63) is 36.0 Å². The smallest absolute Gasteiger partial charge is 0.119 e. The number of ether oxygens (including phenoxy) is 1. The first-order valence-corrected chi connectivity index (χ1v) is 5.48. The van der Waals surface area contributed by atoms with Gasteiger partial charge >= 0.3 is 0 Å². The van der Waals surface area contributed by atoms with Gasteiger partial charge in [0.2, 0.25) is 0 Å². The van der Waals surface area contributed by atoms with E-state index in [2.05, 4.69) is 16.3 Å². The lowest BCUT2D eigenvalue weighted by atomic mass is 10.1. The molecule has 0 saturated carbocycles. The summed E-state index contributed by atoms with van der Waals surface area (Å²) < 4.78 is 5.43. The quantitative estimate of drug-likeness (QED) is 0.873. The first kappa shape index (κ1) is 11.2. The van der Waals surface area contributed by atoms with Gasteiger partial charge in [0.25, 0.3) is 0 Å². The van der Waals surface area contributed by atoms with E-state index >= 15 is 0 Å². The van der Waals surface area contributed by atoms with Crippen LogP contribution in [-0.2, 0) is 6.42 Å². The van der Waals surface area contributed by atoms with Crippen molar-refractivity contribution in [2.24, 2.45) is 0 Å². The summed E-state index contributed by atoms with van der Waals surface area (Å²) in [7, 11) is 0. The normalized spacial score (nSPS) is 9.88. The average Bonchev–Trinajstić information content (AvgIpc) is 2.79. The Morgan fingerprint density at radius 3 is 3.06 bits per heavy atom.